The number of nitrogens with one attached hydrogen (secondary N) is 2. The van der Waals surface area contributed by atoms with Gasteiger partial charge in [0, 0.05) is 31.5 Å². The van der Waals surface area contributed by atoms with Crippen LogP contribution in [0.4, 0.5) is 4.53 Å². The highest BCUT2D eigenvalue weighted by Gasteiger charge is 2.60. The minimum Gasteiger partial charge on any atom is -0.390 e. The van der Waals surface area contributed by atoms with E-state index >= 15 is 0 Å². The Morgan fingerprint density at radius 1 is 1.09 bits per heavy atom. The molecule has 0 aromatic carbocycles. The van der Waals surface area contributed by atoms with Gasteiger partial charge in [0.05, 0.1) is 24.9 Å². The molecule has 2 saturated heterocycles. The smallest absolute Gasteiger partial charge is 0.254 e. The molecular weight excluding hydrogens is 589 g/mol. The van der Waals surface area contributed by atoms with Crippen molar-refractivity contribution in [3.8, 4) is 0 Å². The van der Waals surface area contributed by atoms with Crippen LogP contribution in [-0.4, -0.2) is 137 Å². The quantitative estimate of drug-likeness (QED) is 0.0839. The van der Waals surface area contributed by atoms with Crippen LogP contribution in [0.15, 0.2) is 4.99 Å². The zero-order valence-electron chi connectivity index (χ0n) is 25.5. The van der Waals surface area contributed by atoms with Gasteiger partial charge in [0.1, 0.15) is 24.4 Å². The van der Waals surface area contributed by atoms with Gasteiger partial charge >= 0.3 is 0 Å². The molecule has 44 heavy (non-hydrogen) atoms. The van der Waals surface area contributed by atoms with E-state index in [9.17, 15) is 29.7 Å². The summed E-state index contributed by atoms with van der Waals surface area (Å²) in [5, 5.41) is 56.1. The number of rotatable bonds is 9. The number of amides is 1. The molecule has 4 aliphatic rings. The summed E-state index contributed by atoms with van der Waals surface area (Å²) in [5.41, 5.74) is 19.6. The molecule has 0 spiro atoms. The minimum atomic E-state index is -1.67. The first-order valence-corrected chi connectivity index (χ1v) is 14.9. The van der Waals surface area contributed by atoms with Crippen LogP contribution in [0.2, 0.25) is 0 Å². The molecule has 0 aromatic heterocycles. The fourth-order valence-electron chi connectivity index (χ4n) is 5.38. The van der Waals surface area contributed by atoms with Crippen molar-refractivity contribution in [3.63, 3.8) is 0 Å². The molecule has 4 fully saturated rings. The third-order valence-electron chi connectivity index (χ3n) is 7.84. The molecule has 4 rings (SSSR count). The molecule has 2 heterocycles. The molecule has 2 saturated carbocycles. The number of hydrogen-bond acceptors (Lipinski definition) is 14. The number of likely N-dealkylation sites (N-methyl/N-ethyl adjacent to an activating group) is 1. The van der Waals surface area contributed by atoms with Gasteiger partial charge in [-0.05, 0) is 43.3 Å². The lowest BCUT2D eigenvalue weighted by Gasteiger charge is -2.43. The van der Waals surface area contributed by atoms with E-state index in [1.807, 2.05) is 13.8 Å². The van der Waals surface area contributed by atoms with E-state index in [1.54, 1.807) is 0 Å². The maximum atomic E-state index is 12.4. The Labute approximate surface area is 256 Å². The number of hydrogen-bond donors (Lipinski definition) is 11. The topological polar surface area (TPSA) is 296 Å². The summed E-state index contributed by atoms with van der Waals surface area (Å²) in [4.78, 5) is 19.6. The number of aliphatic imine (C=N–C) groups is 1. The standard InChI is InChI=1S/C19H36N6O7.C6H11FO3.CH5N/c1-2-23-7-12-15(28)10(26)5-14(31-12)32-16-9(20)3-8(4-11(16)27)24-17(29)19(30)6-13(19)25-18(21)22;1-4-2-5(8)6(10-7)9-3-4;1-2/h8-16,23,26-28,30H,2-7,20H2,1H3,(H,24,29)(H4,21,22,25);4-6,8H,2-3H2,1H3;2H2,1H3/t8?,9?,10?,11?,12?,13?,14-,15+,16-,19?;;/m1../s1. The van der Waals surface area contributed by atoms with E-state index in [-0.39, 0.29) is 31.1 Å². The molecular formula is C26H52FN7O10. The first kappa shape index (κ1) is 38.4. The van der Waals surface area contributed by atoms with Crippen molar-refractivity contribution in [2.45, 2.75) is 119 Å². The van der Waals surface area contributed by atoms with Crippen molar-refractivity contribution in [2.75, 3.05) is 26.7 Å². The summed E-state index contributed by atoms with van der Waals surface area (Å²) >= 11 is 0. The van der Waals surface area contributed by atoms with Gasteiger partial charge in [-0.15, -0.1) is 0 Å². The van der Waals surface area contributed by atoms with Crippen molar-refractivity contribution < 1.29 is 54.0 Å². The molecule has 10 unspecified atom stereocenters. The summed E-state index contributed by atoms with van der Waals surface area (Å²) in [6.45, 7) is 5.31. The van der Waals surface area contributed by atoms with Gasteiger partial charge in [0.25, 0.3) is 5.91 Å². The van der Waals surface area contributed by atoms with Crippen LogP contribution in [-0.2, 0) is 23.9 Å². The molecule has 2 aliphatic heterocycles. The van der Waals surface area contributed by atoms with Crippen molar-refractivity contribution >= 4 is 11.9 Å². The van der Waals surface area contributed by atoms with Crippen LogP contribution < -0.4 is 33.6 Å². The molecule has 258 valence electrons. The zero-order chi connectivity index (χ0) is 33.2. The Hall–Kier alpha value is -1.81. The molecule has 0 radical (unpaired) electrons. The lowest BCUT2D eigenvalue weighted by Crippen LogP contribution is -2.59. The molecule has 1 amide bonds. The number of ether oxygens (including phenoxy) is 3. The number of nitrogens with two attached hydrogens (primary N) is 4. The summed E-state index contributed by atoms with van der Waals surface area (Å²) in [7, 11) is 1.50. The van der Waals surface area contributed by atoms with Gasteiger partial charge in [-0.1, -0.05) is 13.8 Å². The number of carbonyl (C=O) groups excluding carboxylic acids is 1. The third-order valence-corrected chi connectivity index (χ3v) is 7.84. The van der Waals surface area contributed by atoms with E-state index in [0.717, 1.165) is 0 Å². The Bertz CT molecular complexity index is 897. The number of guanidine groups is 1. The van der Waals surface area contributed by atoms with E-state index in [1.165, 1.54) is 7.05 Å². The zero-order valence-corrected chi connectivity index (χ0v) is 25.5. The SMILES string of the molecule is CC1COC(OF)C(O)C1.CCNCC1O[C@H](O[C@@H]2C(N)CC(NC(=O)C3(O)CC3N=C(N)N)CC2O)CC(O)[C@@H]1O.CN. The Morgan fingerprint density at radius 2 is 1.77 bits per heavy atom. The second-order valence-corrected chi connectivity index (χ2v) is 11.6. The Kier molecular flexibility index (Phi) is 15.5. The van der Waals surface area contributed by atoms with Crippen molar-refractivity contribution in [2.24, 2.45) is 33.8 Å². The molecule has 0 bridgehead atoms. The fraction of sp³-hybridized carbons (Fsp3) is 0.923. The fourth-order valence-corrected chi connectivity index (χ4v) is 5.38. The molecule has 15 N–H and O–H groups in total. The summed E-state index contributed by atoms with van der Waals surface area (Å²) in [6, 6.07) is -1.80. The molecule has 0 aromatic rings. The third kappa shape index (κ3) is 10.6. The van der Waals surface area contributed by atoms with Gasteiger partial charge in [-0.2, -0.15) is 4.94 Å². The molecule has 2 aliphatic carbocycles. The summed E-state index contributed by atoms with van der Waals surface area (Å²) < 4.78 is 27.9. The highest BCUT2D eigenvalue weighted by molar-refractivity contribution is 5.90. The van der Waals surface area contributed by atoms with E-state index in [0.29, 0.717) is 32.5 Å². The van der Waals surface area contributed by atoms with Gasteiger partial charge in [0.15, 0.2) is 17.9 Å². The van der Waals surface area contributed by atoms with Crippen LogP contribution in [0, 0.1) is 5.92 Å². The summed E-state index contributed by atoms with van der Waals surface area (Å²) in [6.07, 6.45) is -6.12. The monoisotopic (exact) mass is 641 g/mol. The van der Waals surface area contributed by atoms with Crippen LogP contribution >= 0.6 is 0 Å². The van der Waals surface area contributed by atoms with Gasteiger partial charge in [0.2, 0.25) is 6.29 Å². The van der Waals surface area contributed by atoms with E-state index in [4.69, 9.17) is 36.5 Å². The van der Waals surface area contributed by atoms with Crippen molar-refractivity contribution in [1.29, 1.82) is 0 Å². The first-order chi connectivity index (χ1) is 20.8. The maximum Gasteiger partial charge on any atom is 0.254 e. The number of aliphatic hydroxyl groups excluding tert-OH is 4. The van der Waals surface area contributed by atoms with Crippen molar-refractivity contribution in [1.82, 2.24) is 10.6 Å². The molecule has 17 nitrogen and oxygen atoms in total. The predicted octanol–water partition coefficient (Wildman–Crippen LogP) is -4.23. The second-order valence-electron chi connectivity index (χ2n) is 11.6. The predicted molar refractivity (Wildman–Crippen MR) is 155 cm³/mol. The highest BCUT2D eigenvalue weighted by Crippen LogP contribution is 2.39. The Morgan fingerprint density at radius 3 is 2.34 bits per heavy atom. The van der Waals surface area contributed by atoms with E-state index in [2.05, 4.69) is 26.3 Å². The van der Waals surface area contributed by atoms with Crippen LogP contribution in [0.25, 0.3) is 0 Å². The largest absolute Gasteiger partial charge is 0.390 e. The van der Waals surface area contributed by atoms with Gasteiger partial charge < -0.3 is 73.3 Å². The van der Waals surface area contributed by atoms with Crippen LogP contribution in [0.3, 0.4) is 0 Å². The normalized spacial score (nSPS) is 41.6. The number of nitrogens with zero attached hydrogens (tertiary/aromatic N) is 1. The Balaban J connectivity index is 0.000000473. The van der Waals surface area contributed by atoms with Gasteiger partial charge in [-0.25, -0.2) is 4.99 Å². The maximum absolute atomic E-state index is 12.4. The summed E-state index contributed by atoms with van der Waals surface area (Å²) in [5.74, 6) is -0.541. The van der Waals surface area contributed by atoms with Crippen LogP contribution in [0.5, 0.6) is 0 Å². The second kappa shape index (κ2) is 17.8. The number of carbonyl (C=O) groups is 1. The average Bonchev–Trinajstić information content (AvgIpc) is 3.62. The number of halogens is 1. The number of aliphatic hydroxyl groups is 5. The average molecular weight is 642 g/mol. The minimum absolute atomic E-state index is 0.0408. The van der Waals surface area contributed by atoms with E-state index < -0.39 is 78.8 Å². The first-order valence-electron chi connectivity index (χ1n) is 14.9. The lowest BCUT2D eigenvalue weighted by molar-refractivity contribution is -0.319. The van der Waals surface area contributed by atoms with Gasteiger partial charge in [-0.3, -0.25) is 4.79 Å². The van der Waals surface area contributed by atoms with Crippen LogP contribution in [0.1, 0.15) is 46.0 Å². The lowest BCUT2D eigenvalue weighted by atomic mass is 9.86. The van der Waals surface area contributed by atoms with Crippen molar-refractivity contribution in [3.05, 3.63) is 0 Å². The molecule has 13 atom stereocenters. The highest BCUT2D eigenvalue weighted by atomic mass is 19.3. The molecule has 18 heteroatoms.